The molecule has 2 rings (SSSR count). The van der Waals surface area contributed by atoms with Crippen LogP contribution in [0.15, 0.2) is 42.5 Å². The maximum atomic E-state index is 13.6. The number of benzene rings is 2. The molecule has 2 nitrogen and oxygen atoms in total. The smallest absolute Gasteiger partial charge is 0.417 e. The predicted octanol–water partition coefficient (Wildman–Crippen LogP) is 4.08. The molecule has 0 saturated carbocycles. The lowest BCUT2D eigenvalue weighted by molar-refractivity contribution is -0.137. The zero-order valence-corrected chi connectivity index (χ0v) is 10.9. The van der Waals surface area contributed by atoms with E-state index in [4.69, 9.17) is 4.74 Å². The van der Waals surface area contributed by atoms with Crippen LogP contribution in [0.5, 0.6) is 5.75 Å². The quantitative estimate of drug-likeness (QED) is 0.630. The van der Waals surface area contributed by atoms with E-state index in [2.05, 4.69) is 0 Å². The fourth-order valence-corrected chi connectivity index (χ4v) is 1.89. The molecule has 0 unspecified atom stereocenters. The molecule has 0 heterocycles. The van der Waals surface area contributed by atoms with Crippen LogP contribution in [-0.4, -0.2) is 12.9 Å². The SMILES string of the molecule is COc1ccc(C(=O)c2ccccc2C(F)(F)F)cc1F. The first-order valence-electron chi connectivity index (χ1n) is 5.89. The van der Waals surface area contributed by atoms with Gasteiger partial charge in [-0.05, 0) is 24.3 Å². The van der Waals surface area contributed by atoms with Gasteiger partial charge >= 0.3 is 6.18 Å². The molecule has 21 heavy (non-hydrogen) atoms. The summed E-state index contributed by atoms with van der Waals surface area (Å²) in [5.74, 6) is -1.80. The van der Waals surface area contributed by atoms with Gasteiger partial charge in [0.1, 0.15) is 0 Å². The summed E-state index contributed by atoms with van der Waals surface area (Å²) in [6, 6.07) is 7.65. The highest BCUT2D eigenvalue weighted by atomic mass is 19.4. The van der Waals surface area contributed by atoms with Crippen LogP contribution in [0.3, 0.4) is 0 Å². The maximum absolute atomic E-state index is 13.6. The van der Waals surface area contributed by atoms with E-state index >= 15 is 0 Å². The topological polar surface area (TPSA) is 26.3 Å². The van der Waals surface area contributed by atoms with Crippen molar-refractivity contribution in [1.29, 1.82) is 0 Å². The summed E-state index contributed by atoms with van der Waals surface area (Å²) < 4.78 is 56.9. The number of rotatable bonds is 3. The minimum absolute atomic E-state index is 0.0874. The van der Waals surface area contributed by atoms with Gasteiger partial charge in [0.15, 0.2) is 17.3 Å². The van der Waals surface area contributed by atoms with E-state index in [0.717, 1.165) is 18.2 Å². The molecule has 0 aliphatic carbocycles. The van der Waals surface area contributed by atoms with Gasteiger partial charge in [0.2, 0.25) is 0 Å². The summed E-state index contributed by atoms with van der Waals surface area (Å²) in [7, 11) is 1.25. The van der Waals surface area contributed by atoms with Crippen molar-refractivity contribution in [1.82, 2.24) is 0 Å². The highest BCUT2D eigenvalue weighted by molar-refractivity contribution is 6.10. The highest BCUT2D eigenvalue weighted by Gasteiger charge is 2.35. The van der Waals surface area contributed by atoms with Crippen molar-refractivity contribution in [3.63, 3.8) is 0 Å². The van der Waals surface area contributed by atoms with Gasteiger partial charge in [-0.25, -0.2) is 4.39 Å². The first-order valence-corrected chi connectivity index (χ1v) is 5.89. The Morgan fingerprint density at radius 1 is 1.10 bits per heavy atom. The largest absolute Gasteiger partial charge is 0.494 e. The molecule has 0 bridgehead atoms. The molecule has 0 fully saturated rings. The van der Waals surface area contributed by atoms with E-state index in [9.17, 15) is 22.4 Å². The van der Waals surface area contributed by atoms with Crippen molar-refractivity contribution in [2.45, 2.75) is 6.18 Å². The third kappa shape index (κ3) is 3.04. The molecule has 0 radical (unpaired) electrons. The van der Waals surface area contributed by atoms with Crippen molar-refractivity contribution in [2.75, 3.05) is 7.11 Å². The predicted molar refractivity (Wildman–Crippen MR) is 67.8 cm³/mol. The van der Waals surface area contributed by atoms with Crippen molar-refractivity contribution >= 4 is 5.78 Å². The standard InChI is InChI=1S/C15H10F4O2/c1-21-13-7-6-9(8-12(13)16)14(20)10-4-2-3-5-11(10)15(17,18)19/h2-8H,1H3. The van der Waals surface area contributed by atoms with Crippen LogP contribution >= 0.6 is 0 Å². The molecule has 0 N–H and O–H groups in total. The van der Waals surface area contributed by atoms with Crippen LogP contribution in [0.2, 0.25) is 0 Å². The van der Waals surface area contributed by atoms with Crippen LogP contribution in [0.25, 0.3) is 0 Å². The highest BCUT2D eigenvalue weighted by Crippen LogP contribution is 2.33. The van der Waals surface area contributed by atoms with Crippen molar-refractivity contribution in [3.05, 3.63) is 65.0 Å². The Morgan fingerprint density at radius 3 is 2.33 bits per heavy atom. The third-order valence-electron chi connectivity index (χ3n) is 2.89. The second kappa shape index (κ2) is 5.55. The lowest BCUT2D eigenvalue weighted by Gasteiger charge is -2.12. The Hall–Kier alpha value is -2.37. The summed E-state index contributed by atoms with van der Waals surface area (Å²) in [5.41, 5.74) is -1.74. The molecule has 0 aliphatic rings. The number of carbonyl (C=O) groups excluding carboxylic acids is 1. The number of halogens is 4. The Bertz CT molecular complexity index is 678. The van der Waals surface area contributed by atoms with Crippen molar-refractivity contribution in [2.24, 2.45) is 0 Å². The average Bonchev–Trinajstić information content (AvgIpc) is 2.45. The summed E-state index contributed by atoms with van der Waals surface area (Å²) in [4.78, 5) is 12.2. The first kappa shape index (κ1) is 15.0. The zero-order chi connectivity index (χ0) is 15.6. The van der Waals surface area contributed by atoms with Gasteiger partial charge in [0.25, 0.3) is 0 Å². The molecule has 2 aromatic rings. The first-order chi connectivity index (χ1) is 9.84. The van der Waals surface area contributed by atoms with E-state index in [1.807, 2.05) is 0 Å². The van der Waals surface area contributed by atoms with Gasteiger partial charge in [-0.1, -0.05) is 18.2 Å². The molecular weight excluding hydrogens is 288 g/mol. The van der Waals surface area contributed by atoms with E-state index in [0.29, 0.717) is 0 Å². The van der Waals surface area contributed by atoms with Crippen LogP contribution < -0.4 is 4.74 Å². The van der Waals surface area contributed by atoms with Crippen LogP contribution in [0.4, 0.5) is 17.6 Å². The molecule has 110 valence electrons. The molecule has 0 spiro atoms. The molecular formula is C15H10F4O2. The number of alkyl halides is 3. The fraction of sp³-hybridized carbons (Fsp3) is 0.133. The molecule has 0 saturated heterocycles. The molecule has 0 atom stereocenters. The van der Waals surface area contributed by atoms with Crippen LogP contribution in [-0.2, 0) is 6.18 Å². The molecule has 0 amide bonds. The normalized spacial score (nSPS) is 11.3. The zero-order valence-electron chi connectivity index (χ0n) is 10.9. The van der Waals surface area contributed by atoms with E-state index in [1.165, 1.54) is 31.4 Å². The Balaban J connectivity index is 2.48. The Kier molecular flexibility index (Phi) is 3.97. The Labute approximate surface area is 118 Å². The number of ketones is 1. The number of hydrogen-bond donors (Lipinski definition) is 0. The lowest BCUT2D eigenvalue weighted by Crippen LogP contribution is -2.13. The average molecular weight is 298 g/mol. The Morgan fingerprint density at radius 2 is 1.76 bits per heavy atom. The second-order valence-electron chi connectivity index (χ2n) is 4.22. The second-order valence-corrected chi connectivity index (χ2v) is 4.22. The van der Waals surface area contributed by atoms with Crippen molar-refractivity contribution in [3.8, 4) is 5.75 Å². The van der Waals surface area contributed by atoms with E-state index in [-0.39, 0.29) is 11.3 Å². The maximum Gasteiger partial charge on any atom is 0.417 e. The van der Waals surface area contributed by atoms with E-state index in [1.54, 1.807) is 0 Å². The summed E-state index contributed by atoms with van der Waals surface area (Å²) in [6.07, 6.45) is -4.66. The van der Waals surface area contributed by atoms with Gasteiger partial charge in [0.05, 0.1) is 12.7 Å². The summed E-state index contributed by atoms with van der Waals surface area (Å²) >= 11 is 0. The number of ether oxygens (including phenoxy) is 1. The van der Waals surface area contributed by atoms with Gasteiger partial charge < -0.3 is 4.74 Å². The third-order valence-corrected chi connectivity index (χ3v) is 2.89. The van der Waals surface area contributed by atoms with Crippen molar-refractivity contribution < 1.29 is 27.1 Å². The molecule has 2 aromatic carbocycles. The molecule has 6 heteroatoms. The monoisotopic (exact) mass is 298 g/mol. The number of carbonyl (C=O) groups is 1. The number of methoxy groups -OCH3 is 1. The summed E-state index contributed by atoms with van der Waals surface area (Å²) in [6.45, 7) is 0. The van der Waals surface area contributed by atoms with Gasteiger partial charge in [-0.15, -0.1) is 0 Å². The molecule has 0 aliphatic heterocycles. The minimum Gasteiger partial charge on any atom is -0.494 e. The van der Waals surface area contributed by atoms with Crippen LogP contribution in [0, 0.1) is 5.82 Å². The van der Waals surface area contributed by atoms with E-state index < -0.39 is 28.9 Å². The van der Waals surface area contributed by atoms with Gasteiger partial charge in [0, 0.05) is 11.1 Å². The lowest BCUT2D eigenvalue weighted by atomic mass is 9.98. The fourth-order valence-electron chi connectivity index (χ4n) is 1.89. The minimum atomic E-state index is -4.66. The summed E-state index contributed by atoms with van der Waals surface area (Å²) in [5, 5.41) is 0. The van der Waals surface area contributed by atoms with Gasteiger partial charge in [-0.3, -0.25) is 4.79 Å². The van der Waals surface area contributed by atoms with Gasteiger partial charge in [-0.2, -0.15) is 13.2 Å². The molecule has 0 aromatic heterocycles. The number of hydrogen-bond acceptors (Lipinski definition) is 2. The van der Waals surface area contributed by atoms with Crippen LogP contribution in [0.1, 0.15) is 21.5 Å².